The topological polar surface area (TPSA) is 15.6 Å². The SMILES string of the molecule is Cl.c1ccc2c(c1)CC[C@@H]1[C@@H]2N=C2SCCN21. The summed E-state index contributed by atoms with van der Waals surface area (Å²) in [5.41, 5.74) is 2.99. The number of thioether (sulfide) groups is 1. The molecule has 2 nitrogen and oxygen atoms in total. The molecule has 0 saturated carbocycles. The number of halogens is 1. The lowest BCUT2D eigenvalue weighted by molar-refractivity contribution is 0.297. The van der Waals surface area contributed by atoms with E-state index in [0.29, 0.717) is 12.1 Å². The number of amidine groups is 1. The van der Waals surface area contributed by atoms with Crippen LogP contribution >= 0.6 is 24.2 Å². The molecule has 1 aromatic carbocycles. The van der Waals surface area contributed by atoms with Crippen LogP contribution in [0.15, 0.2) is 29.3 Å². The first-order valence-corrected chi connectivity index (χ1v) is 6.97. The minimum absolute atomic E-state index is 0. The molecule has 90 valence electrons. The fourth-order valence-electron chi connectivity index (χ4n) is 3.15. The van der Waals surface area contributed by atoms with E-state index in [-0.39, 0.29) is 12.4 Å². The highest BCUT2D eigenvalue weighted by atomic mass is 35.5. The van der Waals surface area contributed by atoms with Crippen molar-refractivity contribution in [2.24, 2.45) is 4.99 Å². The molecule has 1 aromatic rings. The summed E-state index contributed by atoms with van der Waals surface area (Å²) in [6, 6.07) is 9.91. The monoisotopic (exact) mass is 266 g/mol. The number of aliphatic imine (C=N–C) groups is 1. The lowest BCUT2D eigenvalue weighted by Gasteiger charge is -2.31. The first-order chi connectivity index (χ1) is 7.93. The van der Waals surface area contributed by atoms with Crippen LogP contribution in [0.1, 0.15) is 23.6 Å². The number of aryl methyl sites for hydroxylation is 1. The molecular weight excluding hydrogens is 252 g/mol. The predicted octanol–water partition coefficient (Wildman–Crippen LogP) is 2.88. The Balaban J connectivity index is 0.000000902. The van der Waals surface area contributed by atoms with Gasteiger partial charge in [-0.2, -0.15) is 0 Å². The van der Waals surface area contributed by atoms with E-state index in [2.05, 4.69) is 29.2 Å². The summed E-state index contributed by atoms with van der Waals surface area (Å²) in [6.07, 6.45) is 2.50. The summed E-state index contributed by atoms with van der Waals surface area (Å²) >= 11 is 1.93. The molecule has 17 heavy (non-hydrogen) atoms. The Hall–Kier alpha value is -0.670. The van der Waals surface area contributed by atoms with Crippen LogP contribution in [0.4, 0.5) is 0 Å². The molecule has 0 unspecified atom stereocenters. The highest BCUT2D eigenvalue weighted by Crippen LogP contribution is 2.43. The van der Waals surface area contributed by atoms with Crippen LogP contribution in [0.25, 0.3) is 0 Å². The van der Waals surface area contributed by atoms with Gasteiger partial charge in [0.25, 0.3) is 0 Å². The van der Waals surface area contributed by atoms with Crippen molar-refractivity contribution in [1.29, 1.82) is 0 Å². The number of hydrogen-bond donors (Lipinski definition) is 0. The molecule has 2 heterocycles. The second-order valence-corrected chi connectivity index (χ2v) is 5.77. The Morgan fingerprint density at radius 2 is 2.18 bits per heavy atom. The zero-order valence-corrected chi connectivity index (χ0v) is 11.1. The fourth-order valence-corrected chi connectivity index (χ4v) is 4.20. The largest absolute Gasteiger partial charge is 0.345 e. The van der Waals surface area contributed by atoms with E-state index < -0.39 is 0 Å². The van der Waals surface area contributed by atoms with Crippen LogP contribution in [0.5, 0.6) is 0 Å². The molecule has 0 radical (unpaired) electrons. The number of benzene rings is 1. The third kappa shape index (κ3) is 1.59. The molecule has 3 aliphatic rings. The Labute approximate surface area is 112 Å². The van der Waals surface area contributed by atoms with Crippen LogP contribution in [-0.4, -0.2) is 28.4 Å². The second kappa shape index (κ2) is 4.21. The lowest BCUT2D eigenvalue weighted by Crippen LogP contribution is -2.36. The van der Waals surface area contributed by atoms with Crippen LogP contribution in [0.2, 0.25) is 0 Å². The minimum Gasteiger partial charge on any atom is -0.345 e. The van der Waals surface area contributed by atoms with Crippen molar-refractivity contribution in [3.8, 4) is 0 Å². The smallest absolute Gasteiger partial charge is 0.160 e. The summed E-state index contributed by atoms with van der Waals surface area (Å²) in [6.45, 7) is 1.20. The molecule has 2 atom stereocenters. The van der Waals surface area contributed by atoms with E-state index in [4.69, 9.17) is 4.99 Å². The van der Waals surface area contributed by atoms with Gasteiger partial charge in [-0.1, -0.05) is 36.0 Å². The number of fused-ring (bicyclic) bond motifs is 5. The molecule has 1 aliphatic carbocycles. The number of hydrogen-bond acceptors (Lipinski definition) is 3. The van der Waals surface area contributed by atoms with Gasteiger partial charge in [-0.05, 0) is 24.0 Å². The highest BCUT2D eigenvalue weighted by Gasteiger charge is 2.42. The Morgan fingerprint density at radius 3 is 3.12 bits per heavy atom. The zero-order valence-electron chi connectivity index (χ0n) is 9.50. The van der Waals surface area contributed by atoms with Gasteiger partial charge < -0.3 is 4.90 Å². The van der Waals surface area contributed by atoms with Gasteiger partial charge in [0.1, 0.15) is 0 Å². The van der Waals surface area contributed by atoms with Crippen molar-refractivity contribution in [2.45, 2.75) is 24.9 Å². The summed E-state index contributed by atoms with van der Waals surface area (Å²) in [7, 11) is 0. The van der Waals surface area contributed by atoms with Crippen molar-refractivity contribution in [3.05, 3.63) is 35.4 Å². The summed E-state index contributed by atoms with van der Waals surface area (Å²) in [4.78, 5) is 7.45. The highest BCUT2D eigenvalue weighted by molar-refractivity contribution is 8.14. The van der Waals surface area contributed by atoms with Crippen molar-refractivity contribution in [3.63, 3.8) is 0 Å². The van der Waals surface area contributed by atoms with Crippen molar-refractivity contribution >= 4 is 29.3 Å². The van der Waals surface area contributed by atoms with Crippen LogP contribution in [0.3, 0.4) is 0 Å². The molecule has 1 fully saturated rings. The second-order valence-electron chi connectivity index (χ2n) is 4.70. The fraction of sp³-hybridized carbons (Fsp3) is 0.462. The Morgan fingerprint density at radius 1 is 1.29 bits per heavy atom. The van der Waals surface area contributed by atoms with Crippen LogP contribution in [0, 0.1) is 0 Å². The minimum atomic E-state index is 0. The molecule has 2 aliphatic heterocycles. The third-order valence-corrected chi connectivity index (χ3v) is 4.89. The molecule has 0 amide bonds. The molecule has 0 N–H and O–H groups in total. The molecule has 4 heteroatoms. The van der Waals surface area contributed by atoms with E-state index in [9.17, 15) is 0 Å². The van der Waals surface area contributed by atoms with Gasteiger partial charge in [-0.3, -0.25) is 4.99 Å². The van der Waals surface area contributed by atoms with Crippen molar-refractivity contribution in [2.75, 3.05) is 12.3 Å². The first kappa shape index (κ1) is 11.4. The first-order valence-electron chi connectivity index (χ1n) is 5.98. The van der Waals surface area contributed by atoms with Gasteiger partial charge in [0.05, 0.1) is 12.1 Å². The summed E-state index contributed by atoms with van der Waals surface area (Å²) < 4.78 is 0. The maximum atomic E-state index is 4.92. The number of rotatable bonds is 0. The Kier molecular flexibility index (Phi) is 2.83. The quantitative estimate of drug-likeness (QED) is 0.718. The van der Waals surface area contributed by atoms with Gasteiger partial charge in [0, 0.05) is 12.3 Å². The van der Waals surface area contributed by atoms with E-state index in [1.54, 1.807) is 0 Å². The molecular formula is C13H15ClN2S. The third-order valence-electron chi connectivity index (χ3n) is 3.91. The summed E-state index contributed by atoms with van der Waals surface area (Å²) in [5.74, 6) is 1.23. The predicted molar refractivity (Wildman–Crippen MR) is 75.1 cm³/mol. The van der Waals surface area contributed by atoms with E-state index in [1.807, 2.05) is 11.8 Å². The molecule has 0 aromatic heterocycles. The van der Waals surface area contributed by atoms with E-state index in [1.165, 1.54) is 41.4 Å². The van der Waals surface area contributed by atoms with Crippen LogP contribution in [-0.2, 0) is 6.42 Å². The van der Waals surface area contributed by atoms with Crippen LogP contribution < -0.4 is 0 Å². The Bertz CT molecular complexity index is 474. The van der Waals surface area contributed by atoms with Gasteiger partial charge in [-0.15, -0.1) is 12.4 Å². The molecule has 0 bridgehead atoms. The maximum Gasteiger partial charge on any atom is 0.160 e. The molecule has 4 rings (SSSR count). The standard InChI is InChI=1S/C13H14N2S.ClH/c1-2-4-10-9(3-1)5-6-11-12(10)14-13-15(11)7-8-16-13;/h1-4,11-12H,5-8H2;1H/t11-,12-;/m1./s1. The van der Waals surface area contributed by atoms with Crippen molar-refractivity contribution < 1.29 is 0 Å². The lowest BCUT2D eigenvalue weighted by atomic mass is 9.84. The van der Waals surface area contributed by atoms with E-state index >= 15 is 0 Å². The average Bonchev–Trinajstić information content (AvgIpc) is 2.88. The molecule has 1 saturated heterocycles. The van der Waals surface area contributed by atoms with Gasteiger partial charge >= 0.3 is 0 Å². The van der Waals surface area contributed by atoms with Gasteiger partial charge in [-0.25, -0.2) is 0 Å². The maximum absolute atomic E-state index is 4.92. The molecule has 0 spiro atoms. The van der Waals surface area contributed by atoms with Gasteiger partial charge in [0.15, 0.2) is 5.17 Å². The summed E-state index contributed by atoms with van der Waals surface area (Å²) in [5, 5.41) is 1.30. The zero-order chi connectivity index (χ0) is 10.5. The average molecular weight is 267 g/mol. The normalized spacial score (nSPS) is 28.9. The van der Waals surface area contributed by atoms with Crippen molar-refractivity contribution in [1.82, 2.24) is 4.90 Å². The van der Waals surface area contributed by atoms with Gasteiger partial charge in [0.2, 0.25) is 0 Å². The van der Waals surface area contributed by atoms with E-state index in [0.717, 1.165) is 0 Å². The number of nitrogens with zero attached hydrogens (tertiary/aromatic N) is 2.